The number of aryl methyl sites for hydroxylation is 1. The smallest absolute Gasteiger partial charge is 0.306 e. The Morgan fingerprint density at radius 3 is 2.19 bits per heavy atom. The first-order chi connectivity index (χ1) is 21.0. The topological polar surface area (TPSA) is 80.3 Å². The average molecular weight is 662 g/mol. The Bertz CT molecular complexity index is 1110. The highest BCUT2D eigenvalue weighted by Crippen LogP contribution is 2.30. The van der Waals surface area contributed by atoms with E-state index in [1.54, 1.807) is 6.92 Å². The molecule has 7 nitrogen and oxygen atoms in total. The number of rotatable bonds is 21. The van der Waals surface area contributed by atoms with Gasteiger partial charge >= 0.3 is 11.9 Å². The number of carbonyl (C=O) groups is 2. The maximum Gasteiger partial charge on any atom is 0.306 e. The van der Waals surface area contributed by atoms with Gasteiger partial charge < -0.3 is 23.7 Å². The molecule has 0 radical (unpaired) electrons. The first kappa shape index (κ1) is 34.7. The summed E-state index contributed by atoms with van der Waals surface area (Å²) >= 11 is 3.58. The summed E-state index contributed by atoms with van der Waals surface area (Å²) in [5.74, 6) is 2.73. The van der Waals surface area contributed by atoms with Crippen LogP contribution < -0.4 is 14.2 Å². The first-order valence-corrected chi connectivity index (χ1v) is 16.9. The van der Waals surface area contributed by atoms with E-state index in [-0.39, 0.29) is 11.9 Å². The second-order valence-corrected chi connectivity index (χ2v) is 12.0. The molecule has 0 saturated heterocycles. The van der Waals surface area contributed by atoms with E-state index < -0.39 is 0 Å². The fourth-order valence-corrected chi connectivity index (χ4v) is 5.86. The molecular formula is C35H49BrO7. The highest BCUT2D eigenvalue weighted by atomic mass is 79.9. The number of halogens is 1. The molecule has 1 aliphatic carbocycles. The van der Waals surface area contributed by atoms with Crippen LogP contribution in [-0.2, 0) is 31.9 Å². The second-order valence-electron chi connectivity index (χ2n) is 11.1. The van der Waals surface area contributed by atoms with Gasteiger partial charge in [-0.1, -0.05) is 53.7 Å². The molecule has 1 saturated carbocycles. The third kappa shape index (κ3) is 13.6. The van der Waals surface area contributed by atoms with Crippen molar-refractivity contribution in [2.75, 3.05) is 33.0 Å². The summed E-state index contributed by atoms with van der Waals surface area (Å²) in [5.41, 5.74) is 2.25. The number of ether oxygens (including phenoxy) is 5. The van der Waals surface area contributed by atoms with Gasteiger partial charge in [-0.2, -0.15) is 0 Å². The third-order valence-corrected chi connectivity index (χ3v) is 8.07. The predicted octanol–water partition coefficient (Wildman–Crippen LogP) is 8.42. The van der Waals surface area contributed by atoms with Crippen molar-refractivity contribution in [1.29, 1.82) is 0 Å². The minimum Gasteiger partial charge on any atom is -0.493 e. The standard InChI is InChI=1S/C35H49BrO7/c1-3-39-34(37)18-12-22-42-33-17-11-16-28(32(33)19-20-35(38)40-4-2)15-7-5-6-10-21-41-30-23-29(36)24-31(25-30)43-26-27-13-8-9-14-27/h11,16-17,23-25,27H,3-10,12-15,18-22,26H2,1-2H3. The summed E-state index contributed by atoms with van der Waals surface area (Å²) in [6.07, 6.45) is 12.0. The van der Waals surface area contributed by atoms with E-state index in [4.69, 9.17) is 23.7 Å². The van der Waals surface area contributed by atoms with Crippen molar-refractivity contribution in [3.8, 4) is 17.2 Å². The molecule has 2 aromatic carbocycles. The van der Waals surface area contributed by atoms with E-state index >= 15 is 0 Å². The van der Waals surface area contributed by atoms with Gasteiger partial charge in [-0.25, -0.2) is 0 Å². The van der Waals surface area contributed by atoms with Crippen molar-refractivity contribution in [2.24, 2.45) is 5.92 Å². The highest BCUT2D eigenvalue weighted by Gasteiger charge is 2.16. The van der Waals surface area contributed by atoms with Gasteiger partial charge in [-0.15, -0.1) is 0 Å². The number of unbranched alkanes of at least 4 members (excludes halogenated alkanes) is 3. The van der Waals surface area contributed by atoms with Crippen LogP contribution in [0, 0.1) is 5.92 Å². The van der Waals surface area contributed by atoms with Gasteiger partial charge in [-0.3, -0.25) is 9.59 Å². The molecule has 3 rings (SSSR count). The van der Waals surface area contributed by atoms with Crippen molar-refractivity contribution < 1.29 is 33.3 Å². The first-order valence-electron chi connectivity index (χ1n) is 16.1. The van der Waals surface area contributed by atoms with Crippen molar-refractivity contribution >= 4 is 27.9 Å². The third-order valence-electron chi connectivity index (χ3n) is 7.62. The summed E-state index contributed by atoms with van der Waals surface area (Å²) in [7, 11) is 0. The number of carbonyl (C=O) groups excluding carboxylic acids is 2. The summed E-state index contributed by atoms with van der Waals surface area (Å²) in [5, 5.41) is 0. The lowest BCUT2D eigenvalue weighted by atomic mass is 9.96. The fourth-order valence-electron chi connectivity index (χ4n) is 5.41. The van der Waals surface area contributed by atoms with Gasteiger partial charge in [0.2, 0.25) is 0 Å². The van der Waals surface area contributed by atoms with Crippen LogP contribution in [0.15, 0.2) is 40.9 Å². The molecule has 238 valence electrons. The molecule has 0 atom stereocenters. The van der Waals surface area contributed by atoms with Crippen LogP contribution in [0.25, 0.3) is 0 Å². The molecule has 0 spiro atoms. The molecule has 0 heterocycles. The van der Waals surface area contributed by atoms with Crippen molar-refractivity contribution in [3.63, 3.8) is 0 Å². The van der Waals surface area contributed by atoms with Crippen LogP contribution in [0.4, 0.5) is 0 Å². The van der Waals surface area contributed by atoms with E-state index in [0.29, 0.717) is 58.0 Å². The maximum atomic E-state index is 12.1. The molecule has 1 fully saturated rings. The van der Waals surface area contributed by atoms with Crippen molar-refractivity contribution in [3.05, 3.63) is 52.0 Å². The van der Waals surface area contributed by atoms with Gasteiger partial charge in [0.15, 0.2) is 0 Å². The average Bonchev–Trinajstić information content (AvgIpc) is 3.51. The zero-order valence-corrected chi connectivity index (χ0v) is 27.6. The number of benzene rings is 2. The molecule has 0 aliphatic heterocycles. The minimum absolute atomic E-state index is 0.205. The van der Waals surface area contributed by atoms with E-state index in [0.717, 1.165) is 66.0 Å². The molecule has 0 N–H and O–H groups in total. The zero-order chi connectivity index (χ0) is 30.7. The van der Waals surface area contributed by atoms with Gasteiger partial charge in [0, 0.05) is 23.4 Å². The molecule has 0 bridgehead atoms. The Hall–Kier alpha value is -2.74. The van der Waals surface area contributed by atoms with Crippen LogP contribution in [-0.4, -0.2) is 45.0 Å². The summed E-state index contributed by atoms with van der Waals surface area (Å²) < 4.78 is 29.3. The van der Waals surface area contributed by atoms with Crippen LogP contribution >= 0.6 is 15.9 Å². The molecule has 1 aliphatic rings. The highest BCUT2D eigenvalue weighted by molar-refractivity contribution is 9.10. The zero-order valence-electron chi connectivity index (χ0n) is 26.0. The largest absolute Gasteiger partial charge is 0.493 e. The number of hydrogen-bond donors (Lipinski definition) is 0. The summed E-state index contributed by atoms with van der Waals surface area (Å²) in [6.45, 7) is 6.24. The van der Waals surface area contributed by atoms with Crippen LogP contribution in [0.5, 0.6) is 17.2 Å². The van der Waals surface area contributed by atoms with Crippen LogP contribution in [0.3, 0.4) is 0 Å². The normalized spacial score (nSPS) is 13.1. The van der Waals surface area contributed by atoms with Gasteiger partial charge in [0.25, 0.3) is 0 Å². The minimum atomic E-state index is -0.210. The summed E-state index contributed by atoms with van der Waals surface area (Å²) in [4.78, 5) is 23.7. The Labute approximate surface area is 266 Å². The fraction of sp³-hybridized carbons (Fsp3) is 0.600. The maximum absolute atomic E-state index is 12.1. The Kier molecular flexibility index (Phi) is 16.4. The quantitative estimate of drug-likeness (QED) is 0.0982. The molecule has 0 aromatic heterocycles. The molecular weight excluding hydrogens is 612 g/mol. The predicted molar refractivity (Wildman–Crippen MR) is 172 cm³/mol. The monoisotopic (exact) mass is 660 g/mol. The molecule has 0 unspecified atom stereocenters. The van der Waals surface area contributed by atoms with Crippen molar-refractivity contribution in [1.82, 2.24) is 0 Å². The Morgan fingerprint density at radius 1 is 0.767 bits per heavy atom. The van der Waals surface area contributed by atoms with E-state index in [9.17, 15) is 9.59 Å². The molecule has 8 heteroatoms. The lowest BCUT2D eigenvalue weighted by Gasteiger charge is -2.16. The van der Waals surface area contributed by atoms with Crippen LogP contribution in [0.1, 0.15) is 95.6 Å². The van der Waals surface area contributed by atoms with E-state index in [2.05, 4.69) is 22.0 Å². The number of esters is 2. The summed E-state index contributed by atoms with van der Waals surface area (Å²) in [6, 6.07) is 12.1. The van der Waals surface area contributed by atoms with E-state index in [1.807, 2.05) is 37.3 Å². The molecule has 0 amide bonds. The Morgan fingerprint density at radius 2 is 1.44 bits per heavy atom. The molecule has 43 heavy (non-hydrogen) atoms. The van der Waals surface area contributed by atoms with E-state index in [1.165, 1.54) is 31.2 Å². The lowest BCUT2D eigenvalue weighted by molar-refractivity contribution is -0.144. The van der Waals surface area contributed by atoms with Gasteiger partial charge in [0.1, 0.15) is 17.2 Å². The van der Waals surface area contributed by atoms with Crippen molar-refractivity contribution in [2.45, 2.75) is 97.3 Å². The second kappa shape index (κ2) is 20.3. The van der Waals surface area contributed by atoms with Gasteiger partial charge in [-0.05, 0) is 94.0 Å². The SMILES string of the molecule is CCOC(=O)CCCOc1cccc(CCCCCCOc2cc(Br)cc(OCC3CCCC3)c2)c1CCC(=O)OCC. The molecule has 2 aromatic rings. The van der Waals surface area contributed by atoms with Gasteiger partial charge in [0.05, 0.1) is 33.0 Å². The van der Waals surface area contributed by atoms with Crippen LogP contribution in [0.2, 0.25) is 0 Å². The lowest BCUT2D eigenvalue weighted by Crippen LogP contribution is -2.10. The Balaban J connectivity index is 1.43. The number of hydrogen-bond acceptors (Lipinski definition) is 7.